The lowest BCUT2D eigenvalue weighted by molar-refractivity contribution is -0.174. The highest BCUT2D eigenvalue weighted by Gasteiger charge is 2.62. The second kappa shape index (κ2) is 7.58. The van der Waals surface area contributed by atoms with Gasteiger partial charge in [-0.2, -0.15) is 10.4 Å². The number of nitriles is 1. The molecule has 1 aliphatic heterocycles. The van der Waals surface area contributed by atoms with E-state index in [0.717, 1.165) is 4.90 Å². The summed E-state index contributed by atoms with van der Waals surface area (Å²) in [5.41, 5.74) is 3.99. The summed E-state index contributed by atoms with van der Waals surface area (Å²) in [4.78, 5) is 32.5. The quantitative estimate of drug-likeness (QED) is 0.417. The summed E-state index contributed by atoms with van der Waals surface area (Å²) in [6.45, 7) is 4.29. The number of carbonyl (C=O) groups excluding carboxylic acids is 2. The number of aromatic nitrogens is 3. The molecule has 1 aliphatic rings. The number of rotatable bonds is 2. The van der Waals surface area contributed by atoms with Gasteiger partial charge in [0.1, 0.15) is 50.6 Å². The average molecular weight is 473 g/mol. The van der Waals surface area contributed by atoms with Crippen molar-refractivity contribution in [1.82, 2.24) is 19.5 Å². The lowest BCUT2D eigenvalue weighted by atomic mass is 9.46. The van der Waals surface area contributed by atoms with E-state index in [1.54, 1.807) is 21.8 Å². The van der Waals surface area contributed by atoms with Crippen molar-refractivity contribution >= 4 is 52.4 Å². The molecule has 10 nitrogen and oxygen atoms in total. The molecule has 0 saturated carbocycles. The molecule has 4 rings (SSSR count). The molecule has 14 heteroatoms. The molecule has 3 N–H and O–H groups in total. The van der Waals surface area contributed by atoms with Crippen LogP contribution in [0.3, 0.4) is 0 Å². The first-order valence-electron chi connectivity index (χ1n) is 10.9. The second-order valence-electron chi connectivity index (χ2n) is 9.76. The Labute approximate surface area is 203 Å². The monoisotopic (exact) mass is 473 g/mol. The van der Waals surface area contributed by atoms with E-state index in [4.69, 9.17) is 5.73 Å². The minimum Gasteiger partial charge on any atom is -0.382 e. The van der Waals surface area contributed by atoms with Crippen LogP contribution < -0.4 is 10.6 Å². The van der Waals surface area contributed by atoms with Crippen LogP contribution in [0.4, 0.5) is 15.9 Å². The normalized spacial score (nSPS) is 21.2. The van der Waals surface area contributed by atoms with Crippen molar-refractivity contribution in [2.75, 3.05) is 10.6 Å². The summed E-state index contributed by atoms with van der Waals surface area (Å²) in [6, 6.07) is 7.75. The van der Waals surface area contributed by atoms with Crippen LogP contribution in [0.25, 0.3) is 16.8 Å². The highest BCUT2D eigenvalue weighted by molar-refractivity contribution is 6.49. The molecular weight excluding hydrogens is 450 g/mol. The predicted octanol–water partition coefficient (Wildman–Crippen LogP) is -1.84. The lowest BCUT2D eigenvalue weighted by Gasteiger charge is -2.63. The summed E-state index contributed by atoms with van der Waals surface area (Å²) in [5.74, 6) is -1.64. The summed E-state index contributed by atoms with van der Waals surface area (Å²) in [6.07, 6.45) is 1.24. The predicted molar refractivity (Wildman–Crippen MR) is 135 cm³/mol. The molecule has 3 aromatic rings. The smallest absolute Gasteiger partial charge is 0.251 e. The maximum Gasteiger partial charge on any atom is 0.251 e. The van der Waals surface area contributed by atoms with Gasteiger partial charge in [0.25, 0.3) is 5.91 Å². The zero-order valence-electron chi connectivity index (χ0n) is 20.3. The highest BCUT2D eigenvalue weighted by atomic mass is 19.1. The average Bonchev–Trinajstić information content (AvgIpc) is 3.13. The van der Waals surface area contributed by atoms with Gasteiger partial charge < -0.3 is 20.6 Å². The fraction of sp³-hybridized carbons (Fsp3) is 0.286. The molecule has 1 saturated heterocycles. The first-order valence-corrected chi connectivity index (χ1v) is 10.9. The molecule has 1 atom stereocenters. The molecule has 2 aromatic heterocycles. The number of hydrogen-bond donors (Lipinski definition) is 2. The number of aliphatic hydroxyl groups is 1. The Morgan fingerprint density at radius 3 is 2.51 bits per heavy atom. The van der Waals surface area contributed by atoms with E-state index >= 15 is 4.39 Å². The molecule has 0 aliphatic carbocycles. The van der Waals surface area contributed by atoms with E-state index in [2.05, 4.69) is 16.2 Å². The lowest BCUT2D eigenvalue weighted by Crippen LogP contribution is -2.85. The molecule has 1 aromatic carbocycles. The van der Waals surface area contributed by atoms with Gasteiger partial charge in [0.15, 0.2) is 13.7 Å². The van der Waals surface area contributed by atoms with Gasteiger partial charge in [-0.3, -0.25) is 9.59 Å². The molecule has 3 heterocycles. The number of anilines is 2. The Hall–Kier alpha value is -3.85. The summed E-state index contributed by atoms with van der Waals surface area (Å²) >= 11 is 0. The van der Waals surface area contributed by atoms with Crippen molar-refractivity contribution < 1.29 is 19.1 Å². The number of amides is 2. The van der Waals surface area contributed by atoms with Gasteiger partial charge in [0.2, 0.25) is 5.91 Å². The van der Waals surface area contributed by atoms with Gasteiger partial charge >= 0.3 is 0 Å². The second-order valence-corrected chi connectivity index (χ2v) is 9.76. The number of nitrogens with two attached hydrogens (primary N) is 1. The van der Waals surface area contributed by atoms with Crippen LogP contribution in [-0.2, 0) is 9.59 Å². The topological polar surface area (TPSA) is 141 Å². The molecule has 0 spiro atoms. The van der Waals surface area contributed by atoms with Crippen LogP contribution in [0.5, 0.6) is 0 Å². The van der Waals surface area contributed by atoms with Gasteiger partial charge in [-0.15, -0.1) is 0 Å². The van der Waals surface area contributed by atoms with Crippen LogP contribution in [0.1, 0.15) is 26.3 Å². The molecule has 1 unspecified atom stereocenters. The van der Waals surface area contributed by atoms with Gasteiger partial charge in [-0.05, 0) is 38.1 Å². The van der Waals surface area contributed by atoms with Crippen molar-refractivity contribution in [3.63, 3.8) is 0 Å². The summed E-state index contributed by atoms with van der Waals surface area (Å²) in [7, 11) is 4.56. The van der Waals surface area contributed by atoms with Crippen molar-refractivity contribution in [2.24, 2.45) is 0 Å². The zero-order valence-corrected chi connectivity index (χ0v) is 20.3. The van der Waals surface area contributed by atoms with E-state index in [-0.39, 0.29) is 17.1 Å². The Bertz CT molecular complexity index is 1450. The molecular formula is C21H23B3FN7O3. The van der Waals surface area contributed by atoms with Crippen molar-refractivity contribution in [1.29, 1.82) is 5.26 Å². The minimum atomic E-state index is -1.84. The van der Waals surface area contributed by atoms with Crippen LogP contribution in [0.15, 0.2) is 30.6 Å². The highest BCUT2D eigenvalue weighted by Crippen LogP contribution is 2.43. The molecule has 176 valence electrons. The van der Waals surface area contributed by atoms with E-state index in [1.807, 2.05) is 0 Å². The van der Waals surface area contributed by atoms with Gasteiger partial charge in [-0.25, -0.2) is 13.9 Å². The SMILES string of the molecule is BC1(B)N(c2cc(-c3cc(C#N)c4c(N)ncnn34)ccc2F)C(=O)C(C)(C)N(C(C)=O)C1(B)O. The number of halogens is 1. The van der Waals surface area contributed by atoms with Crippen LogP contribution in [0, 0.1) is 17.1 Å². The summed E-state index contributed by atoms with van der Waals surface area (Å²) < 4.78 is 16.8. The number of fused-ring (bicyclic) bond motifs is 1. The minimum absolute atomic E-state index is 0.0930. The summed E-state index contributed by atoms with van der Waals surface area (Å²) in [5, 5.41) is 23.8. The molecule has 2 amide bonds. The van der Waals surface area contributed by atoms with E-state index in [1.165, 1.54) is 62.6 Å². The first-order chi connectivity index (χ1) is 16.2. The molecule has 35 heavy (non-hydrogen) atoms. The van der Waals surface area contributed by atoms with E-state index in [9.17, 15) is 20.0 Å². The van der Waals surface area contributed by atoms with Crippen molar-refractivity contribution in [3.8, 4) is 17.3 Å². The number of nitrogens with zero attached hydrogens (tertiary/aromatic N) is 6. The molecule has 0 bridgehead atoms. The van der Waals surface area contributed by atoms with Crippen LogP contribution >= 0.6 is 0 Å². The Kier molecular flexibility index (Phi) is 5.26. The maximum atomic E-state index is 15.3. The third kappa shape index (κ3) is 3.22. The Morgan fingerprint density at radius 2 is 1.91 bits per heavy atom. The van der Waals surface area contributed by atoms with Gasteiger partial charge in [0.05, 0.1) is 16.9 Å². The van der Waals surface area contributed by atoms with Gasteiger partial charge in [0, 0.05) is 17.8 Å². The van der Waals surface area contributed by atoms with Crippen LogP contribution in [-0.4, -0.2) is 76.5 Å². The molecule has 0 radical (unpaired) electrons. The maximum absolute atomic E-state index is 15.3. The number of benzene rings is 1. The Balaban J connectivity index is 1.96. The zero-order chi connectivity index (χ0) is 26.1. The largest absolute Gasteiger partial charge is 0.382 e. The number of hydrogen-bond acceptors (Lipinski definition) is 7. The number of nitrogen functional groups attached to an aromatic ring is 1. The number of carbonyl (C=O) groups is 2. The van der Waals surface area contributed by atoms with Gasteiger partial charge in [-0.1, -0.05) is 0 Å². The third-order valence-corrected chi connectivity index (χ3v) is 6.94. The standard InChI is InChI=1S/C21H23B3FN7O3/c1-10(33)32-19(2,3)18(34)30(20(22,23)21(32,24)35)15-6-11(4-5-13(15)25)14-7-12(8-26)16-17(27)28-9-29-31(14)16/h4-7,9,35H,22-24H2,1-3H3,(H2,27,28,29). The number of piperazine rings is 1. The fourth-order valence-corrected chi connectivity index (χ4v) is 4.97. The molecule has 1 fully saturated rings. The van der Waals surface area contributed by atoms with E-state index < -0.39 is 34.1 Å². The first kappa shape index (κ1) is 24.3. The van der Waals surface area contributed by atoms with Crippen LogP contribution in [0.2, 0.25) is 0 Å². The van der Waals surface area contributed by atoms with E-state index in [0.29, 0.717) is 16.8 Å². The Morgan fingerprint density at radius 1 is 1.26 bits per heavy atom. The third-order valence-electron chi connectivity index (χ3n) is 6.94. The fourth-order valence-electron chi connectivity index (χ4n) is 4.97. The van der Waals surface area contributed by atoms with Crippen molar-refractivity contribution in [2.45, 2.75) is 37.3 Å². The van der Waals surface area contributed by atoms with Crippen molar-refractivity contribution in [3.05, 3.63) is 42.0 Å².